The molecule has 0 bridgehead atoms. The predicted molar refractivity (Wildman–Crippen MR) is 124 cm³/mol. The standard InChI is InChI=1S/C21H28N4O4.C2HF3O2/c1-12(2)28-18-11-16-14(10-17(18)19(23)26)4-7-24-20(16)29-15-5-8-25(9-6-15)21(27)13(3)22;3-2(4,5)1(6)7/h4,7,10-13,15H,5-6,8-9,22H2,1-3H3,(H2,23,26);(H,6,7)/t13-;/m1./s1. The molecule has 198 valence electrons. The molecule has 36 heavy (non-hydrogen) atoms. The number of ether oxygens (including phenoxy) is 2. The summed E-state index contributed by atoms with van der Waals surface area (Å²) in [7, 11) is 0. The van der Waals surface area contributed by atoms with Gasteiger partial charge in [-0.3, -0.25) is 9.59 Å². The number of halogens is 3. The number of hydrogen-bond acceptors (Lipinski definition) is 7. The predicted octanol–water partition coefficient (Wildman–Crippen LogP) is 2.47. The molecular formula is C23H29F3N4O6. The fourth-order valence-electron chi connectivity index (χ4n) is 3.45. The lowest BCUT2D eigenvalue weighted by atomic mass is 10.1. The molecule has 0 spiro atoms. The Morgan fingerprint density at radius 2 is 1.75 bits per heavy atom. The fourth-order valence-corrected chi connectivity index (χ4v) is 3.45. The highest BCUT2D eigenvalue weighted by Gasteiger charge is 2.38. The van der Waals surface area contributed by atoms with Crippen LogP contribution in [0.4, 0.5) is 13.2 Å². The number of nitrogens with zero attached hydrogens (tertiary/aromatic N) is 2. The Morgan fingerprint density at radius 1 is 1.17 bits per heavy atom. The van der Waals surface area contributed by atoms with Crippen molar-refractivity contribution in [2.75, 3.05) is 13.1 Å². The summed E-state index contributed by atoms with van der Waals surface area (Å²) < 4.78 is 43.7. The second kappa shape index (κ2) is 11.9. The molecule has 0 saturated carbocycles. The van der Waals surface area contributed by atoms with Gasteiger partial charge in [-0.15, -0.1) is 0 Å². The number of primary amides is 1. The maximum Gasteiger partial charge on any atom is 0.490 e. The number of piperidine rings is 1. The summed E-state index contributed by atoms with van der Waals surface area (Å²) in [5, 5.41) is 8.67. The Morgan fingerprint density at radius 3 is 2.22 bits per heavy atom. The monoisotopic (exact) mass is 514 g/mol. The van der Waals surface area contributed by atoms with E-state index in [1.54, 1.807) is 36.2 Å². The Labute approximate surface area is 205 Å². The number of carbonyl (C=O) groups is 3. The first kappa shape index (κ1) is 28.6. The first-order valence-corrected chi connectivity index (χ1v) is 11.1. The molecule has 1 aliphatic heterocycles. The Kier molecular flexibility index (Phi) is 9.45. The van der Waals surface area contributed by atoms with Crippen LogP contribution >= 0.6 is 0 Å². The van der Waals surface area contributed by atoms with Crippen LogP contribution in [-0.4, -0.2) is 70.3 Å². The lowest BCUT2D eigenvalue weighted by molar-refractivity contribution is -0.192. The lowest BCUT2D eigenvalue weighted by Crippen LogP contribution is -2.47. The third-order valence-corrected chi connectivity index (χ3v) is 5.12. The van der Waals surface area contributed by atoms with Crippen LogP contribution in [0.1, 0.15) is 44.0 Å². The highest BCUT2D eigenvalue weighted by Crippen LogP contribution is 2.32. The molecule has 0 unspecified atom stereocenters. The van der Waals surface area contributed by atoms with Crippen LogP contribution in [-0.2, 0) is 9.59 Å². The topological polar surface area (TPSA) is 158 Å². The molecule has 1 fully saturated rings. The number of carbonyl (C=O) groups excluding carboxylic acids is 2. The van der Waals surface area contributed by atoms with Gasteiger partial charge in [-0.1, -0.05) is 0 Å². The molecule has 1 saturated heterocycles. The number of nitrogens with two attached hydrogens (primary N) is 2. The number of amides is 2. The Balaban J connectivity index is 0.000000572. The van der Waals surface area contributed by atoms with Crippen LogP contribution < -0.4 is 20.9 Å². The van der Waals surface area contributed by atoms with Gasteiger partial charge >= 0.3 is 12.1 Å². The molecule has 1 aromatic heterocycles. The largest absolute Gasteiger partial charge is 0.490 e. The summed E-state index contributed by atoms with van der Waals surface area (Å²) in [5.41, 5.74) is 11.5. The van der Waals surface area contributed by atoms with Crippen molar-refractivity contribution in [3.05, 3.63) is 30.0 Å². The summed E-state index contributed by atoms with van der Waals surface area (Å²) in [4.78, 5) is 38.9. The minimum Gasteiger partial charge on any atom is -0.490 e. The number of alkyl halides is 3. The molecule has 2 aromatic rings. The number of aliphatic carboxylic acids is 1. The number of hydrogen-bond donors (Lipinski definition) is 3. The molecule has 0 aliphatic carbocycles. The van der Waals surface area contributed by atoms with Crippen molar-refractivity contribution in [2.45, 2.75) is 58.0 Å². The van der Waals surface area contributed by atoms with E-state index in [-0.39, 0.29) is 18.1 Å². The number of aromatic nitrogens is 1. The smallest absolute Gasteiger partial charge is 0.490 e. The second-order valence-electron chi connectivity index (χ2n) is 8.45. The lowest BCUT2D eigenvalue weighted by Gasteiger charge is -2.33. The highest BCUT2D eigenvalue weighted by molar-refractivity contribution is 6.01. The third-order valence-electron chi connectivity index (χ3n) is 5.12. The van der Waals surface area contributed by atoms with Crippen molar-refractivity contribution in [1.29, 1.82) is 0 Å². The average Bonchev–Trinajstić information content (AvgIpc) is 2.78. The zero-order valence-corrected chi connectivity index (χ0v) is 20.0. The first-order valence-electron chi connectivity index (χ1n) is 11.1. The van der Waals surface area contributed by atoms with Crippen molar-refractivity contribution >= 4 is 28.6 Å². The van der Waals surface area contributed by atoms with E-state index in [1.807, 2.05) is 13.8 Å². The molecular weight excluding hydrogens is 485 g/mol. The first-order chi connectivity index (χ1) is 16.7. The minimum atomic E-state index is -5.08. The zero-order chi connectivity index (χ0) is 27.2. The maximum atomic E-state index is 12.0. The molecule has 10 nitrogen and oxygen atoms in total. The Hall–Kier alpha value is -3.61. The second-order valence-corrected chi connectivity index (χ2v) is 8.45. The van der Waals surface area contributed by atoms with Crippen molar-refractivity contribution in [3.8, 4) is 11.6 Å². The van der Waals surface area contributed by atoms with E-state index in [0.717, 1.165) is 10.8 Å². The van der Waals surface area contributed by atoms with Crippen molar-refractivity contribution in [1.82, 2.24) is 9.88 Å². The number of rotatable bonds is 6. The highest BCUT2D eigenvalue weighted by atomic mass is 19.4. The summed E-state index contributed by atoms with van der Waals surface area (Å²) in [6.07, 6.45) is -2.22. The van der Waals surface area contributed by atoms with Crippen molar-refractivity contribution in [2.24, 2.45) is 11.5 Å². The molecule has 0 radical (unpaired) electrons. The number of benzene rings is 1. The van der Waals surface area contributed by atoms with Gasteiger partial charge in [0.1, 0.15) is 11.9 Å². The van der Waals surface area contributed by atoms with E-state index < -0.39 is 24.1 Å². The molecule has 1 aromatic carbocycles. The van der Waals surface area contributed by atoms with Gasteiger partial charge in [0, 0.05) is 37.5 Å². The number of fused-ring (bicyclic) bond motifs is 1. The summed E-state index contributed by atoms with van der Waals surface area (Å²) in [6.45, 7) is 6.66. The van der Waals surface area contributed by atoms with E-state index in [1.165, 1.54) is 0 Å². The van der Waals surface area contributed by atoms with E-state index in [4.69, 9.17) is 30.8 Å². The van der Waals surface area contributed by atoms with E-state index >= 15 is 0 Å². The minimum absolute atomic E-state index is 0.0406. The van der Waals surface area contributed by atoms with Gasteiger partial charge < -0.3 is 30.9 Å². The van der Waals surface area contributed by atoms with Crippen LogP contribution in [0, 0.1) is 0 Å². The number of pyridine rings is 1. The van der Waals surface area contributed by atoms with Gasteiger partial charge in [0.05, 0.1) is 17.7 Å². The van der Waals surface area contributed by atoms with Gasteiger partial charge in [0.25, 0.3) is 5.91 Å². The SMILES string of the molecule is CC(C)Oc1cc2c(OC3CCN(C(=O)[C@@H](C)N)CC3)nccc2cc1C(N)=O.O=C(O)C(F)(F)F. The summed E-state index contributed by atoms with van der Waals surface area (Å²) in [6, 6.07) is 4.77. The van der Waals surface area contributed by atoms with Gasteiger partial charge in [-0.2, -0.15) is 13.2 Å². The summed E-state index contributed by atoms with van der Waals surface area (Å²) >= 11 is 0. The molecule has 1 aliphatic rings. The van der Waals surface area contributed by atoms with E-state index in [2.05, 4.69) is 4.98 Å². The fraction of sp³-hybridized carbons (Fsp3) is 0.478. The van der Waals surface area contributed by atoms with Crippen LogP contribution in [0.3, 0.4) is 0 Å². The molecule has 1 atom stereocenters. The zero-order valence-electron chi connectivity index (χ0n) is 20.0. The average molecular weight is 515 g/mol. The van der Waals surface area contributed by atoms with Crippen molar-refractivity contribution < 1.29 is 42.1 Å². The molecule has 2 heterocycles. The molecule has 2 amide bonds. The number of likely N-dealkylation sites (tertiary alicyclic amines) is 1. The van der Waals surface area contributed by atoms with Crippen LogP contribution in [0.25, 0.3) is 10.8 Å². The van der Waals surface area contributed by atoms with E-state index in [0.29, 0.717) is 43.1 Å². The molecule has 5 N–H and O–H groups in total. The van der Waals surface area contributed by atoms with Crippen LogP contribution in [0.5, 0.6) is 11.6 Å². The van der Waals surface area contributed by atoms with Gasteiger partial charge in [0.2, 0.25) is 11.8 Å². The van der Waals surface area contributed by atoms with Gasteiger partial charge in [-0.25, -0.2) is 9.78 Å². The molecule has 3 rings (SSSR count). The van der Waals surface area contributed by atoms with Crippen LogP contribution in [0.15, 0.2) is 24.4 Å². The third kappa shape index (κ3) is 7.70. The van der Waals surface area contributed by atoms with Gasteiger partial charge in [0.15, 0.2) is 0 Å². The maximum absolute atomic E-state index is 12.0. The van der Waals surface area contributed by atoms with E-state index in [9.17, 15) is 22.8 Å². The van der Waals surface area contributed by atoms with Gasteiger partial charge in [-0.05, 0) is 44.4 Å². The van der Waals surface area contributed by atoms with Crippen molar-refractivity contribution in [3.63, 3.8) is 0 Å². The Bertz CT molecular complexity index is 1100. The number of carboxylic acid groups (broad SMARTS) is 1. The molecule has 13 heteroatoms. The summed E-state index contributed by atoms with van der Waals surface area (Å²) in [5.74, 6) is -2.46. The van der Waals surface area contributed by atoms with Crippen LogP contribution in [0.2, 0.25) is 0 Å². The quantitative estimate of drug-likeness (QED) is 0.530. The normalized spacial score (nSPS) is 15.2. The number of carboxylic acids is 1.